The van der Waals surface area contributed by atoms with Crippen LogP contribution in [-0.2, 0) is 14.3 Å². The van der Waals surface area contributed by atoms with Gasteiger partial charge >= 0.3 is 5.97 Å². The number of aryl methyl sites for hydroxylation is 1. The Labute approximate surface area is 114 Å². The van der Waals surface area contributed by atoms with E-state index in [4.69, 9.17) is 9.47 Å². The van der Waals surface area contributed by atoms with Gasteiger partial charge in [-0.05, 0) is 18.5 Å². The number of carbonyl (C=O) groups excluding carboxylic acids is 2. The summed E-state index contributed by atoms with van der Waals surface area (Å²) in [6.07, 6.45) is 0.287. The summed E-state index contributed by atoms with van der Waals surface area (Å²) < 4.78 is 13.7. The molecule has 2 atom stereocenters. The van der Waals surface area contributed by atoms with Crippen molar-refractivity contribution in [2.24, 2.45) is 0 Å². The van der Waals surface area contributed by atoms with Crippen molar-refractivity contribution in [1.29, 1.82) is 0 Å². The predicted molar refractivity (Wildman–Crippen MR) is 66.9 cm³/mol. The Bertz CT molecular complexity index is 490. The van der Waals surface area contributed by atoms with E-state index in [1.54, 1.807) is 14.0 Å². The van der Waals surface area contributed by atoms with Gasteiger partial charge < -0.3 is 14.4 Å². The number of hydrogen-bond acceptors (Lipinski definition) is 7. The number of esters is 1. The summed E-state index contributed by atoms with van der Waals surface area (Å²) >= 11 is 1.03. The zero-order valence-corrected chi connectivity index (χ0v) is 11.8. The lowest BCUT2D eigenvalue weighted by Gasteiger charge is -2.21. The molecule has 0 unspecified atom stereocenters. The van der Waals surface area contributed by atoms with Crippen molar-refractivity contribution in [1.82, 2.24) is 14.5 Å². The summed E-state index contributed by atoms with van der Waals surface area (Å²) in [5.41, 5.74) is 0.569. The van der Waals surface area contributed by atoms with Gasteiger partial charge in [0.1, 0.15) is 10.9 Å². The number of likely N-dealkylation sites (tertiary alicyclic amines) is 1. The van der Waals surface area contributed by atoms with Crippen molar-refractivity contribution < 1.29 is 19.1 Å². The fraction of sp³-hybridized carbons (Fsp3) is 0.636. The van der Waals surface area contributed by atoms with E-state index in [-0.39, 0.29) is 12.0 Å². The number of rotatable bonds is 3. The lowest BCUT2D eigenvalue weighted by atomic mass is 10.2. The fourth-order valence-electron chi connectivity index (χ4n) is 2.11. The van der Waals surface area contributed by atoms with Gasteiger partial charge in [-0.1, -0.05) is 4.49 Å². The van der Waals surface area contributed by atoms with Crippen LogP contribution in [0.15, 0.2) is 0 Å². The van der Waals surface area contributed by atoms with Gasteiger partial charge in [0, 0.05) is 20.1 Å². The van der Waals surface area contributed by atoms with E-state index < -0.39 is 12.0 Å². The number of hydrogen-bond donors (Lipinski definition) is 0. The van der Waals surface area contributed by atoms with E-state index in [1.807, 2.05) is 0 Å². The zero-order chi connectivity index (χ0) is 14.0. The molecule has 8 heteroatoms. The Hall–Kier alpha value is -1.54. The molecule has 1 fully saturated rings. The Balaban J connectivity index is 2.23. The third-order valence-electron chi connectivity index (χ3n) is 3.18. The van der Waals surface area contributed by atoms with Crippen molar-refractivity contribution in [3.05, 3.63) is 10.6 Å². The van der Waals surface area contributed by atoms with Crippen LogP contribution in [0.25, 0.3) is 0 Å². The van der Waals surface area contributed by atoms with Gasteiger partial charge in [0.15, 0.2) is 0 Å². The van der Waals surface area contributed by atoms with Gasteiger partial charge in [-0.15, -0.1) is 5.10 Å². The van der Waals surface area contributed by atoms with Crippen molar-refractivity contribution in [3.63, 3.8) is 0 Å². The highest BCUT2D eigenvalue weighted by atomic mass is 32.1. The molecule has 0 aromatic carbocycles. The molecule has 0 bridgehead atoms. The number of ether oxygens (including phenoxy) is 2. The molecule has 7 nitrogen and oxygen atoms in total. The van der Waals surface area contributed by atoms with Gasteiger partial charge in [-0.25, -0.2) is 4.79 Å². The fourth-order valence-corrected chi connectivity index (χ4v) is 2.72. The van der Waals surface area contributed by atoms with Crippen molar-refractivity contribution in [2.75, 3.05) is 20.8 Å². The number of aromatic nitrogens is 2. The van der Waals surface area contributed by atoms with E-state index in [0.717, 1.165) is 11.5 Å². The Morgan fingerprint density at radius 2 is 2.16 bits per heavy atom. The molecule has 19 heavy (non-hydrogen) atoms. The standard InChI is InChI=1S/C11H15N3O4S/c1-6-9(19-13-12-6)10(15)14-5-7(17-2)4-8(14)11(16)18-3/h7-8H,4-5H2,1-3H3/t7-,8+/m0/s1. The summed E-state index contributed by atoms with van der Waals surface area (Å²) in [4.78, 5) is 26.1. The number of carbonyl (C=O) groups is 2. The molecule has 0 saturated carbocycles. The molecule has 1 aromatic rings. The van der Waals surface area contributed by atoms with Crippen LogP contribution in [0.2, 0.25) is 0 Å². The maximum absolute atomic E-state index is 12.4. The molecule has 0 radical (unpaired) electrons. The highest BCUT2D eigenvalue weighted by Gasteiger charge is 2.41. The topological polar surface area (TPSA) is 81.6 Å². The second-order valence-corrected chi connectivity index (χ2v) is 5.03. The van der Waals surface area contributed by atoms with E-state index >= 15 is 0 Å². The Morgan fingerprint density at radius 3 is 2.68 bits per heavy atom. The first kappa shape index (κ1) is 13.9. The summed E-state index contributed by atoms with van der Waals surface area (Å²) in [7, 11) is 2.87. The van der Waals surface area contributed by atoms with Crippen LogP contribution < -0.4 is 0 Å². The van der Waals surface area contributed by atoms with E-state index in [0.29, 0.717) is 23.5 Å². The average molecular weight is 285 g/mol. The first-order valence-electron chi connectivity index (χ1n) is 5.79. The smallest absolute Gasteiger partial charge is 0.328 e. The maximum atomic E-state index is 12.4. The lowest BCUT2D eigenvalue weighted by Crippen LogP contribution is -2.41. The van der Waals surface area contributed by atoms with Gasteiger partial charge in [0.2, 0.25) is 0 Å². The van der Waals surface area contributed by atoms with E-state index in [1.165, 1.54) is 12.0 Å². The molecule has 104 valence electrons. The van der Waals surface area contributed by atoms with Crippen LogP contribution in [0.5, 0.6) is 0 Å². The van der Waals surface area contributed by atoms with Crippen LogP contribution in [0.4, 0.5) is 0 Å². The molecule has 1 aliphatic rings. The van der Waals surface area contributed by atoms with Crippen molar-refractivity contribution in [2.45, 2.75) is 25.5 Å². The van der Waals surface area contributed by atoms with Crippen LogP contribution >= 0.6 is 11.5 Å². The van der Waals surface area contributed by atoms with Gasteiger partial charge in [-0.3, -0.25) is 4.79 Å². The van der Waals surface area contributed by atoms with E-state index in [2.05, 4.69) is 9.59 Å². The van der Waals surface area contributed by atoms with Crippen molar-refractivity contribution in [3.8, 4) is 0 Å². The van der Waals surface area contributed by atoms with Crippen LogP contribution in [0.1, 0.15) is 21.8 Å². The van der Waals surface area contributed by atoms with Crippen LogP contribution in [0, 0.1) is 6.92 Å². The van der Waals surface area contributed by atoms with Gasteiger partial charge in [0.25, 0.3) is 5.91 Å². The minimum atomic E-state index is -0.607. The largest absolute Gasteiger partial charge is 0.467 e. The average Bonchev–Trinajstić information content (AvgIpc) is 3.03. The molecule has 0 spiro atoms. The monoisotopic (exact) mass is 285 g/mol. The molecule has 1 aromatic heterocycles. The van der Waals surface area contributed by atoms with Gasteiger partial charge in [-0.2, -0.15) is 0 Å². The first-order chi connectivity index (χ1) is 9.08. The number of methoxy groups -OCH3 is 2. The maximum Gasteiger partial charge on any atom is 0.328 e. The van der Waals surface area contributed by atoms with Gasteiger partial charge in [0.05, 0.1) is 18.9 Å². The zero-order valence-electron chi connectivity index (χ0n) is 11.0. The Kier molecular flexibility index (Phi) is 4.11. The normalized spacial score (nSPS) is 22.6. The van der Waals surface area contributed by atoms with Crippen molar-refractivity contribution >= 4 is 23.4 Å². The highest BCUT2D eigenvalue weighted by molar-refractivity contribution is 7.07. The van der Waals surface area contributed by atoms with E-state index in [9.17, 15) is 9.59 Å². The summed E-state index contributed by atoms with van der Waals surface area (Å²) in [6, 6.07) is -0.607. The second-order valence-electron chi connectivity index (χ2n) is 4.28. The third kappa shape index (κ3) is 2.59. The molecule has 2 heterocycles. The molecule has 0 N–H and O–H groups in total. The first-order valence-corrected chi connectivity index (χ1v) is 6.56. The molecule has 1 saturated heterocycles. The van der Waals surface area contributed by atoms with Crippen LogP contribution in [0.3, 0.4) is 0 Å². The third-order valence-corrected chi connectivity index (χ3v) is 3.99. The minimum Gasteiger partial charge on any atom is -0.467 e. The quantitative estimate of drug-likeness (QED) is 0.740. The highest BCUT2D eigenvalue weighted by Crippen LogP contribution is 2.25. The number of amides is 1. The van der Waals surface area contributed by atoms with Crippen LogP contribution in [-0.4, -0.2) is 59.3 Å². The Morgan fingerprint density at radius 1 is 1.42 bits per heavy atom. The second kappa shape index (κ2) is 5.62. The predicted octanol–water partition coefficient (Wildman–Crippen LogP) is 0.249. The molecular formula is C11H15N3O4S. The molecule has 0 aliphatic carbocycles. The summed E-state index contributed by atoms with van der Waals surface area (Å²) in [5, 5.41) is 3.81. The molecular weight excluding hydrogens is 270 g/mol. The molecule has 1 amide bonds. The minimum absolute atomic E-state index is 0.158. The summed E-state index contributed by atoms with van der Waals surface area (Å²) in [6.45, 7) is 2.08. The molecule has 2 rings (SSSR count). The molecule has 1 aliphatic heterocycles. The SMILES string of the molecule is COC(=O)[C@H]1C[C@H](OC)CN1C(=O)c1snnc1C. The summed E-state index contributed by atoms with van der Waals surface area (Å²) in [5.74, 6) is -0.675. The lowest BCUT2D eigenvalue weighted by molar-refractivity contribution is -0.145. The number of nitrogens with zero attached hydrogens (tertiary/aromatic N) is 3.